The van der Waals surface area contributed by atoms with Gasteiger partial charge in [-0.15, -0.1) is 0 Å². The van der Waals surface area contributed by atoms with Crippen LogP contribution in [0.15, 0.2) is 36.4 Å². The normalized spacial score (nSPS) is 10.3. The molecule has 2 aromatic carbocycles. The van der Waals surface area contributed by atoms with E-state index in [1.165, 1.54) is 38.2 Å². The van der Waals surface area contributed by atoms with Gasteiger partial charge >= 0.3 is 0 Å². The van der Waals surface area contributed by atoms with Crippen LogP contribution in [0, 0.1) is 17.5 Å². The molecule has 0 aliphatic rings. The molecule has 0 bridgehead atoms. The number of hydrogen-bond acceptors (Lipinski definition) is 1. The molecule has 0 radical (unpaired) electrons. The molecule has 0 saturated carbocycles. The van der Waals surface area contributed by atoms with Crippen molar-refractivity contribution in [3.05, 3.63) is 53.8 Å². The van der Waals surface area contributed by atoms with E-state index in [1.807, 2.05) is 0 Å². The zero-order valence-corrected chi connectivity index (χ0v) is 9.01. The van der Waals surface area contributed by atoms with Crippen molar-refractivity contribution < 1.29 is 17.9 Å². The van der Waals surface area contributed by atoms with Gasteiger partial charge in [0.25, 0.3) is 0 Å². The van der Waals surface area contributed by atoms with Crippen molar-refractivity contribution in [2.45, 2.75) is 0 Å². The van der Waals surface area contributed by atoms with Gasteiger partial charge in [0.15, 0.2) is 11.6 Å². The van der Waals surface area contributed by atoms with Crippen LogP contribution in [-0.2, 0) is 0 Å². The fraction of sp³-hybridized carbons (Fsp3) is 0. The van der Waals surface area contributed by atoms with Gasteiger partial charge < -0.3 is 4.74 Å². The maximum Gasteiger partial charge on any atom is 0.200 e. The first kappa shape index (κ1) is 11.6. The van der Waals surface area contributed by atoms with Crippen molar-refractivity contribution in [2.75, 3.05) is 0 Å². The Labute approximate surface area is 97.3 Å². The molecule has 0 amide bonds. The van der Waals surface area contributed by atoms with Gasteiger partial charge in [0.1, 0.15) is 19.4 Å². The highest BCUT2D eigenvalue weighted by Gasteiger charge is 2.12. The van der Waals surface area contributed by atoms with Gasteiger partial charge in [-0.05, 0) is 18.2 Å². The molecule has 0 N–H and O–H groups in total. The molecule has 1 nitrogen and oxygen atoms in total. The summed E-state index contributed by atoms with van der Waals surface area (Å²) in [5, 5.41) is 0. The van der Waals surface area contributed by atoms with E-state index >= 15 is 0 Å². The van der Waals surface area contributed by atoms with Crippen molar-refractivity contribution >= 4 is 13.3 Å². The van der Waals surface area contributed by atoms with Gasteiger partial charge in [0.05, 0.1) is 0 Å². The molecule has 0 heterocycles. The second-order valence-corrected chi connectivity index (χ2v) is 3.57. The van der Waals surface area contributed by atoms with Crippen molar-refractivity contribution in [1.82, 2.24) is 0 Å². The summed E-state index contributed by atoms with van der Waals surface area (Å²) in [6.45, 7) is 0. The lowest BCUT2D eigenvalue weighted by molar-refractivity contribution is 0.416. The third-order valence-electron chi connectivity index (χ3n) is 2.26. The maximum atomic E-state index is 13.5. The fourth-order valence-corrected chi connectivity index (χ4v) is 1.36. The Morgan fingerprint density at radius 3 is 2.41 bits per heavy atom. The summed E-state index contributed by atoms with van der Waals surface area (Å²) in [7, 11) is 1.45. The van der Waals surface area contributed by atoms with E-state index in [0.29, 0.717) is 0 Å². The summed E-state index contributed by atoms with van der Waals surface area (Å²) in [6.07, 6.45) is 0. The maximum absolute atomic E-state index is 13.5. The van der Waals surface area contributed by atoms with Crippen LogP contribution in [0.1, 0.15) is 0 Å². The second-order valence-electron chi connectivity index (χ2n) is 3.57. The average molecular weight is 236 g/mol. The van der Waals surface area contributed by atoms with Crippen molar-refractivity contribution in [3.8, 4) is 11.5 Å². The third kappa shape index (κ3) is 2.44. The average Bonchev–Trinajstić information content (AvgIpc) is 2.30. The summed E-state index contributed by atoms with van der Waals surface area (Å²) in [4.78, 5) is 0. The van der Waals surface area contributed by atoms with Crippen LogP contribution in [0.5, 0.6) is 11.5 Å². The van der Waals surface area contributed by atoms with E-state index in [0.717, 1.165) is 6.07 Å². The molecule has 0 atom stereocenters. The molecule has 0 unspecified atom stereocenters. The second kappa shape index (κ2) is 4.53. The van der Waals surface area contributed by atoms with E-state index in [1.54, 1.807) is 0 Å². The van der Waals surface area contributed by atoms with E-state index < -0.39 is 17.5 Å². The number of rotatable bonds is 2. The Hall–Kier alpha value is -1.91. The molecule has 0 spiro atoms. The zero-order chi connectivity index (χ0) is 12.4. The SMILES string of the molecule is Bc1ccc(Oc2cccc(F)c2)c(F)c1F. The Kier molecular flexibility index (Phi) is 3.09. The van der Waals surface area contributed by atoms with Crippen LogP contribution in [0.3, 0.4) is 0 Å². The molecular formula is C12H8BF3O. The number of hydrogen-bond donors (Lipinski definition) is 0. The van der Waals surface area contributed by atoms with Gasteiger partial charge in [-0.3, -0.25) is 0 Å². The number of halogens is 3. The van der Waals surface area contributed by atoms with Gasteiger partial charge in [0, 0.05) is 6.07 Å². The molecule has 86 valence electrons. The molecule has 17 heavy (non-hydrogen) atoms. The van der Waals surface area contributed by atoms with Crippen molar-refractivity contribution in [1.29, 1.82) is 0 Å². The first-order valence-electron chi connectivity index (χ1n) is 4.96. The van der Waals surface area contributed by atoms with Gasteiger partial charge in [0.2, 0.25) is 5.82 Å². The number of benzene rings is 2. The molecule has 0 aromatic heterocycles. The summed E-state index contributed by atoms with van der Waals surface area (Å²) >= 11 is 0. The van der Waals surface area contributed by atoms with Crippen molar-refractivity contribution in [2.24, 2.45) is 0 Å². The standard InChI is InChI=1S/C12H8BF3O/c13-9-4-5-10(12(16)11(9)15)17-8-3-1-2-7(14)6-8/h1-6H,13H2. The van der Waals surface area contributed by atoms with Crippen LogP contribution in [-0.4, -0.2) is 7.85 Å². The number of ether oxygens (including phenoxy) is 1. The summed E-state index contributed by atoms with van der Waals surface area (Å²) in [6, 6.07) is 7.91. The lowest BCUT2D eigenvalue weighted by atomic mass is 9.95. The molecule has 0 fully saturated rings. The minimum Gasteiger partial charge on any atom is -0.454 e. The highest BCUT2D eigenvalue weighted by molar-refractivity contribution is 6.32. The Morgan fingerprint density at radius 1 is 0.941 bits per heavy atom. The Balaban J connectivity index is 2.34. The highest BCUT2D eigenvalue weighted by atomic mass is 19.2. The first-order valence-corrected chi connectivity index (χ1v) is 4.96. The minimum atomic E-state index is -1.07. The molecule has 0 aliphatic carbocycles. The first-order chi connectivity index (χ1) is 8.08. The van der Waals surface area contributed by atoms with Crippen LogP contribution >= 0.6 is 0 Å². The summed E-state index contributed by atoms with van der Waals surface area (Å²) in [5.41, 5.74) is 0.189. The minimum absolute atomic E-state index is 0.118. The quantitative estimate of drug-likeness (QED) is 0.726. The molecule has 0 saturated heterocycles. The predicted molar refractivity (Wildman–Crippen MR) is 61.0 cm³/mol. The largest absolute Gasteiger partial charge is 0.454 e. The van der Waals surface area contributed by atoms with Gasteiger partial charge in [-0.2, -0.15) is 4.39 Å². The summed E-state index contributed by atoms with van der Waals surface area (Å²) in [5.74, 6) is -2.69. The molecule has 2 aromatic rings. The lowest BCUT2D eigenvalue weighted by Crippen LogP contribution is -2.11. The Morgan fingerprint density at radius 2 is 1.71 bits per heavy atom. The molecule has 5 heteroatoms. The molecule has 2 rings (SSSR count). The van der Waals surface area contributed by atoms with Crippen LogP contribution in [0.25, 0.3) is 0 Å². The summed E-state index contributed by atoms with van der Waals surface area (Å²) < 4.78 is 44.6. The van der Waals surface area contributed by atoms with Gasteiger partial charge in [-0.1, -0.05) is 17.6 Å². The lowest BCUT2D eigenvalue weighted by Gasteiger charge is -2.08. The Bertz CT molecular complexity index is 557. The molecule has 0 aliphatic heterocycles. The smallest absolute Gasteiger partial charge is 0.200 e. The van der Waals surface area contributed by atoms with E-state index in [2.05, 4.69) is 0 Å². The topological polar surface area (TPSA) is 9.23 Å². The monoisotopic (exact) mass is 236 g/mol. The van der Waals surface area contributed by atoms with Gasteiger partial charge in [-0.25, -0.2) is 8.78 Å². The highest BCUT2D eigenvalue weighted by Crippen LogP contribution is 2.25. The zero-order valence-electron chi connectivity index (χ0n) is 9.01. The van der Waals surface area contributed by atoms with Crippen LogP contribution < -0.4 is 10.2 Å². The predicted octanol–water partition coefficient (Wildman–Crippen LogP) is 2.15. The fourth-order valence-electron chi connectivity index (χ4n) is 1.36. The van der Waals surface area contributed by atoms with E-state index in [9.17, 15) is 13.2 Å². The van der Waals surface area contributed by atoms with Crippen LogP contribution in [0.4, 0.5) is 13.2 Å². The molecular weight excluding hydrogens is 228 g/mol. The van der Waals surface area contributed by atoms with E-state index in [4.69, 9.17) is 4.74 Å². The van der Waals surface area contributed by atoms with Crippen molar-refractivity contribution in [3.63, 3.8) is 0 Å². The van der Waals surface area contributed by atoms with Crippen LogP contribution in [0.2, 0.25) is 0 Å². The third-order valence-corrected chi connectivity index (χ3v) is 2.26. The van der Waals surface area contributed by atoms with E-state index in [-0.39, 0.29) is 17.0 Å².